The van der Waals surface area contributed by atoms with Crippen LogP contribution in [-0.4, -0.2) is 36.4 Å². The number of aliphatic hydroxyl groups is 1. The van der Waals surface area contributed by atoms with Crippen LogP contribution in [0, 0.1) is 6.92 Å². The number of rotatable bonds is 3. The van der Waals surface area contributed by atoms with Gasteiger partial charge in [0.15, 0.2) is 0 Å². The predicted molar refractivity (Wildman–Crippen MR) is 71.6 cm³/mol. The van der Waals surface area contributed by atoms with Crippen LogP contribution < -0.4 is 5.32 Å². The Balaban J connectivity index is 1.97. The molecule has 1 fully saturated rings. The minimum Gasteiger partial charge on any atom is -0.386 e. The van der Waals surface area contributed by atoms with E-state index in [1.807, 2.05) is 19.1 Å². The molecule has 2 rings (SSSR count). The summed E-state index contributed by atoms with van der Waals surface area (Å²) >= 11 is 3.39. The third-order valence-corrected chi connectivity index (χ3v) is 3.97. The van der Waals surface area contributed by atoms with E-state index in [9.17, 15) is 9.90 Å². The smallest absolute Gasteiger partial charge is 0.251 e. The van der Waals surface area contributed by atoms with Crippen molar-refractivity contribution in [1.82, 2.24) is 5.32 Å². The van der Waals surface area contributed by atoms with Gasteiger partial charge in [-0.25, -0.2) is 0 Å². The lowest BCUT2D eigenvalue weighted by Crippen LogP contribution is -2.43. The average Bonchev–Trinajstić information content (AvgIpc) is 2.77. The summed E-state index contributed by atoms with van der Waals surface area (Å²) in [4.78, 5) is 11.9. The highest BCUT2D eigenvalue weighted by molar-refractivity contribution is 9.10. The molecule has 1 aromatic rings. The molecule has 1 aromatic carbocycles. The number of halogens is 1. The van der Waals surface area contributed by atoms with E-state index in [0.717, 1.165) is 10.0 Å². The number of aryl methyl sites for hydroxylation is 1. The van der Waals surface area contributed by atoms with Gasteiger partial charge in [-0.2, -0.15) is 0 Å². The topological polar surface area (TPSA) is 58.6 Å². The number of hydrogen-bond donors (Lipinski definition) is 2. The van der Waals surface area contributed by atoms with Gasteiger partial charge in [0.2, 0.25) is 0 Å². The van der Waals surface area contributed by atoms with E-state index in [0.29, 0.717) is 18.6 Å². The van der Waals surface area contributed by atoms with Crippen LogP contribution in [0.5, 0.6) is 0 Å². The third kappa shape index (κ3) is 3.10. The number of carbonyl (C=O) groups is 1. The second-order valence-corrected chi connectivity index (χ2v) is 5.53. The van der Waals surface area contributed by atoms with E-state index >= 15 is 0 Å². The molecular formula is C13H16BrNO3. The molecular weight excluding hydrogens is 298 g/mol. The van der Waals surface area contributed by atoms with Gasteiger partial charge < -0.3 is 15.2 Å². The minimum absolute atomic E-state index is 0.175. The van der Waals surface area contributed by atoms with Crippen LogP contribution in [0.1, 0.15) is 22.3 Å². The molecule has 1 aliphatic heterocycles. The number of carbonyl (C=O) groups excluding carboxylic acids is 1. The maximum atomic E-state index is 11.9. The maximum absolute atomic E-state index is 11.9. The van der Waals surface area contributed by atoms with Gasteiger partial charge in [-0.1, -0.05) is 15.9 Å². The van der Waals surface area contributed by atoms with Crippen molar-refractivity contribution in [2.45, 2.75) is 18.9 Å². The summed E-state index contributed by atoms with van der Waals surface area (Å²) in [6.07, 6.45) is 0.562. The summed E-state index contributed by atoms with van der Waals surface area (Å²) in [5.41, 5.74) is 0.684. The molecule has 0 radical (unpaired) electrons. The highest BCUT2D eigenvalue weighted by atomic mass is 79.9. The molecule has 0 saturated carbocycles. The third-order valence-electron chi connectivity index (χ3n) is 3.08. The zero-order chi connectivity index (χ0) is 13.2. The first-order valence-corrected chi connectivity index (χ1v) is 6.64. The number of hydrogen-bond acceptors (Lipinski definition) is 3. The first kappa shape index (κ1) is 13.5. The van der Waals surface area contributed by atoms with Crippen LogP contribution in [0.15, 0.2) is 22.7 Å². The van der Waals surface area contributed by atoms with Crippen molar-refractivity contribution < 1.29 is 14.6 Å². The quantitative estimate of drug-likeness (QED) is 0.892. The minimum atomic E-state index is -0.917. The molecule has 1 atom stereocenters. The van der Waals surface area contributed by atoms with Crippen molar-refractivity contribution in [3.63, 3.8) is 0 Å². The molecule has 0 spiro atoms. The molecule has 0 bridgehead atoms. The number of amides is 1. The zero-order valence-electron chi connectivity index (χ0n) is 10.2. The van der Waals surface area contributed by atoms with Crippen molar-refractivity contribution in [3.05, 3.63) is 33.8 Å². The summed E-state index contributed by atoms with van der Waals surface area (Å²) in [6.45, 7) is 2.98. The van der Waals surface area contributed by atoms with Gasteiger partial charge >= 0.3 is 0 Å². The lowest BCUT2D eigenvalue weighted by molar-refractivity contribution is 0.0264. The van der Waals surface area contributed by atoms with Gasteiger partial charge in [0.05, 0.1) is 6.61 Å². The van der Waals surface area contributed by atoms with Crippen LogP contribution in [0.25, 0.3) is 0 Å². The normalized spacial score (nSPS) is 23.1. The zero-order valence-corrected chi connectivity index (χ0v) is 11.8. The number of nitrogens with one attached hydrogen (secondary N) is 1. The Morgan fingerprint density at radius 3 is 3.00 bits per heavy atom. The van der Waals surface area contributed by atoms with Crippen LogP contribution in [0.3, 0.4) is 0 Å². The van der Waals surface area contributed by atoms with Crippen LogP contribution in [0.4, 0.5) is 0 Å². The lowest BCUT2D eigenvalue weighted by Gasteiger charge is -2.20. The highest BCUT2D eigenvalue weighted by Gasteiger charge is 2.32. The van der Waals surface area contributed by atoms with E-state index < -0.39 is 5.60 Å². The molecule has 2 N–H and O–H groups in total. The molecule has 1 heterocycles. The maximum Gasteiger partial charge on any atom is 0.251 e. The van der Waals surface area contributed by atoms with Crippen molar-refractivity contribution in [3.8, 4) is 0 Å². The number of benzene rings is 1. The standard InChI is InChI=1S/C13H16BrNO3/c1-9-6-10(2-3-11(9)14)12(16)15-7-13(17)4-5-18-8-13/h2-3,6,17H,4-5,7-8H2,1H3,(H,15,16). The van der Waals surface area contributed by atoms with E-state index in [-0.39, 0.29) is 19.1 Å². The van der Waals surface area contributed by atoms with Crippen molar-refractivity contribution in [2.75, 3.05) is 19.8 Å². The van der Waals surface area contributed by atoms with Crippen molar-refractivity contribution in [1.29, 1.82) is 0 Å². The second-order valence-electron chi connectivity index (χ2n) is 4.67. The Labute approximate surface area is 114 Å². The molecule has 1 saturated heterocycles. The fourth-order valence-electron chi connectivity index (χ4n) is 1.87. The van der Waals surface area contributed by atoms with E-state index in [1.165, 1.54) is 0 Å². The van der Waals surface area contributed by atoms with Gasteiger partial charge in [-0.05, 0) is 30.7 Å². The van der Waals surface area contributed by atoms with Gasteiger partial charge in [-0.3, -0.25) is 4.79 Å². The lowest BCUT2D eigenvalue weighted by atomic mass is 10.0. The molecule has 98 valence electrons. The summed E-state index contributed by atoms with van der Waals surface area (Å²) in [5.74, 6) is -0.175. The Kier molecular flexibility index (Phi) is 4.04. The Morgan fingerprint density at radius 1 is 1.61 bits per heavy atom. The van der Waals surface area contributed by atoms with Crippen molar-refractivity contribution in [2.24, 2.45) is 0 Å². The largest absolute Gasteiger partial charge is 0.386 e. The van der Waals surface area contributed by atoms with Crippen LogP contribution in [-0.2, 0) is 4.74 Å². The second kappa shape index (κ2) is 5.38. The first-order chi connectivity index (χ1) is 8.50. The Hall–Kier alpha value is -0.910. The Morgan fingerprint density at radius 2 is 2.39 bits per heavy atom. The molecule has 4 nitrogen and oxygen atoms in total. The van der Waals surface area contributed by atoms with E-state index in [4.69, 9.17) is 4.74 Å². The summed E-state index contributed by atoms with van der Waals surface area (Å²) in [6, 6.07) is 5.41. The molecule has 1 aliphatic rings. The van der Waals surface area contributed by atoms with E-state index in [1.54, 1.807) is 6.07 Å². The van der Waals surface area contributed by atoms with E-state index in [2.05, 4.69) is 21.2 Å². The summed E-state index contributed by atoms with van der Waals surface area (Å²) in [5, 5.41) is 12.8. The SMILES string of the molecule is Cc1cc(C(=O)NCC2(O)CCOC2)ccc1Br. The summed E-state index contributed by atoms with van der Waals surface area (Å²) < 4.78 is 6.10. The molecule has 0 aromatic heterocycles. The summed E-state index contributed by atoms with van der Waals surface area (Å²) in [7, 11) is 0. The fraction of sp³-hybridized carbons (Fsp3) is 0.462. The molecule has 5 heteroatoms. The van der Waals surface area contributed by atoms with Crippen LogP contribution >= 0.6 is 15.9 Å². The fourth-order valence-corrected chi connectivity index (χ4v) is 2.12. The molecule has 18 heavy (non-hydrogen) atoms. The highest BCUT2D eigenvalue weighted by Crippen LogP contribution is 2.19. The molecule has 1 unspecified atom stereocenters. The first-order valence-electron chi connectivity index (χ1n) is 5.85. The van der Waals surface area contributed by atoms with Gasteiger partial charge in [0.1, 0.15) is 5.60 Å². The van der Waals surface area contributed by atoms with Gasteiger partial charge in [0.25, 0.3) is 5.91 Å². The average molecular weight is 314 g/mol. The van der Waals surface area contributed by atoms with Crippen molar-refractivity contribution >= 4 is 21.8 Å². The predicted octanol–water partition coefficient (Wildman–Crippen LogP) is 1.64. The molecule has 1 amide bonds. The van der Waals surface area contributed by atoms with Gasteiger partial charge in [0, 0.05) is 29.6 Å². The monoisotopic (exact) mass is 313 g/mol. The Bertz CT molecular complexity index is 456. The number of ether oxygens (including phenoxy) is 1. The molecule has 0 aliphatic carbocycles. The van der Waals surface area contributed by atoms with Crippen LogP contribution in [0.2, 0.25) is 0 Å². The van der Waals surface area contributed by atoms with Gasteiger partial charge in [-0.15, -0.1) is 0 Å².